The van der Waals surface area contributed by atoms with Gasteiger partial charge in [0.2, 0.25) is 5.91 Å². The van der Waals surface area contributed by atoms with Crippen LogP contribution in [0.3, 0.4) is 0 Å². The summed E-state index contributed by atoms with van der Waals surface area (Å²) in [7, 11) is 0. The summed E-state index contributed by atoms with van der Waals surface area (Å²) in [5.41, 5.74) is 1.89. The SMILES string of the molecule is O=C(NCC1(c2ccc3c(c2)OCCO3)CCCC1)C1CCN(c2ccccc2[N+](=O)[O-])CC1. The molecular weight excluding hydrogens is 434 g/mol. The standard InChI is InChI=1S/C26H31N3O5/c30-25(19-9-13-28(14-10-19)21-5-1-2-6-22(21)29(31)32)27-18-26(11-3-4-12-26)20-7-8-23-24(17-20)34-16-15-33-23/h1-2,5-8,17,19H,3-4,9-16,18H2,(H,27,30). The lowest BCUT2D eigenvalue weighted by atomic mass is 9.78. The second-order valence-corrected chi connectivity index (χ2v) is 9.57. The van der Waals surface area contributed by atoms with Gasteiger partial charge in [-0.1, -0.05) is 31.0 Å². The number of amides is 1. The summed E-state index contributed by atoms with van der Waals surface area (Å²) in [4.78, 5) is 26.2. The Morgan fingerprint density at radius 3 is 2.50 bits per heavy atom. The van der Waals surface area contributed by atoms with Gasteiger partial charge in [-0.15, -0.1) is 0 Å². The van der Waals surface area contributed by atoms with Crippen LogP contribution in [0.4, 0.5) is 11.4 Å². The molecule has 0 radical (unpaired) electrons. The van der Waals surface area contributed by atoms with Gasteiger partial charge in [-0.3, -0.25) is 14.9 Å². The molecule has 2 heterocycles. The van der Waals surface area contributed by atoms with Crippen molar-refractivity contribution in [2.24, 2.45) is 5.92 Å². The molecule has 3 aliphatic rings. The molecule has 1 saturated carbocycles. The van der Waals surface area contributed by atoms with Crippen LogP contribution in [0, 0.1) is 16.0 Å². The van der Waals surface area contributed by atoms with Crippen LogP contribution >= 0.6 is 0 Å². The van der Waals surface area contributed by atoms with Crippen molar-refractivity contribution in [3.63, 3.8) is 0 Å². The Hall–Kier alpha value is -3.29. The van der Waals surface area contributed by atoms with Crippen molar-refractivity contribution in [1.82, 2.24) is 5.32 Å². The number of carbonyl (C=O) groups is 1. The summed E-state index contributed by atoms with van der Waals surface area (Å²) in [5, 5.41) is 14.6. The van der Waals surface area contributed by atoms with E-state index >= 15 is 0 Å². The van der Waals surface area contributed by atoms with E-state index in [1.165, 1.54) is 11.6 Å². The molecule has 0 aromatic heterocycles. The third-order valence-corrected chi connectivity index (χ3v) is 7.60. The number of nitrogens with zero attached hydrogens (tertiary/aromatic N) is 2. The molecule has 0 bridgehead atoms. The number of para-hydroxylation sites is 2. The molecule has 8 nitrogen and oxygen atoms in total. The normalized spacial score (nSPS) is 19.6. The van der Waals surface area contributed by atoms with Gasteiger partial charge in [0.25, 0.3) is 5.69 Å². The lowest BCUT2D eigenvalue weighted by Crippen LogP contribution is -2.45. The lowest BCUT2D eigenvalue weighted by Gasteiger charge is -2.34. The molecule has 1 amide bonds. The van der Waals surface area contributed by atoms with E-state index < -0.39 is 0 Å². The molecule has 0 unspecified atom stereocenters. The van der Waals surface area contributed by atoms with E-state index in [1.54, 1.807) is 12.1 Å². The van der Waals surface area contributed by atoms with Crippen LogP contribution in [0.5, 0.6) is 11.5 Å². The van der Waals surface area contributed by atoms with Crippen LogP contribution < -0.4 is 19.7 Å². The van der Waals surface area contributed by atoms with Gasteiger partial charge in [0.15, 0.2) is 11.5 Å². The number of hydrogen-bond donors (Lipinski definition) is 1. The molecule has 5 rings (SSSR count). The largest absolute Gasteiger partial charge is 0.486 e. The second-order valence-electron chi connectivity index (χ2n) is 9.57. The van der Waals surface area contributed by atoms with Gasteiger partial charge in [-0.05, 0) is 49.4 Å². The molecule has 0 spiro atoms. The monoisotopic (exact) mass is 465 g/mol. The van der Waals surface area contributed by atoms with Crippen molar-refractivity contribution in [2.75, 3.05) is 37.7 Å². The fraction of sp³-hybridized carbons (Fsp3) is 0.500. The molecule has 2 aromatic rings. The average Bonchev–Trinajstić information content (AvgIpc) is 3.37. The maximum atomic E-state index is 13.1. The number of carbonyl (C=O) groups excluding carboxylic acids is 1. The van der Waals surface area contributed by atoms with Crippen molar-refractivity contribution in [2.45, 2.75) is 43.9 Å². The Labute approximate surface area is 199 Å². The molecule has 1 N–H and O–H groups in total. The highest BCUT2D eigenvalue weighted by Gasteiger charge is 2.38. The summed E-state index contributed by atoms with van der Waals surface area (Å²) < 4.78 is 11.5. The average molecular weight is 466 g/mol. The fourth-order valence-electron chi connectivity index (χ4n) is 5.66. The zero-order chi connectivity index (χ0) is 23.5. The summed E-state index contributed by atoms with van der Waals surface area (Å²) in [6.45, 7) is 3.03. The van der Waals surface area contributed by atoms with Crippen LogP contribution in [-0.4, -0.2) is 43.7 Å². The van der Waals surface area contributed by atoms with E-state index in [0.29, 0.717) is 51.4 Å². The molecule has 2 aromatic carbocycles. The van der Waals surface area contributed by atoms with Crippen LogP contribution in [0.15, 0.2) is 42.5 Å². The van der Waals surface area contributed by atoms with Crippen LogP contribution in [0.25, 0.3) is 0 Å². The number of benzene rings is 2. The molecule has 1 aliphatic carbocycles. The molecule has 2 fully saturated rings. The van der Waals surface area contributed by atoms with Crippen molar-refractivity contribution >= 4 is 17.3 Å². The first-order valence-corrected chi connectivity index (χ1v) is 12.2. The fourth-order valence-corrected chi connectivity index (χ4v) is 5.66. The Morgan fingerprint density at radius 2 is 1.76 bits per heavy atom. The van der Waals surface area contributed by atoms with E-state index in [-0.39, 0.29) is 27.9 Å². The Kier molecular flexibility index (Phi) is 6.30. The molecule has 0 atom stereocenters. The van der Waals surface area contributed by atoms with E-state index in [4.69, 9.17) is 9.47 Å². The third kappa shape index (κ3) is 4.41. The predicted octanol–water partition coefficient (Wildman–Crippen LogP) is 4.21. The number of nitrogens with one attached hydrogen (secondary N) is 1. The minimum atomic E-state index is -0.340. The number of piperidine rings is 1. The quantitative estimate of drug-likeness (QED) is 0.507. The van der Waals surface area contributed by atoms with Crippen molar-refractivity contribution in [1.29, 1.82) is 0 Å². The van der Waals surface area contributed by atoms with Gasteiger partial charge < -0.3 is 19.7 Å². The van der Waals surface area contributed by atoms with Crippen molar-refractivity contribution < 1.29 is 19.2 Å². The van der Waals surface area contributed by atoms with Crippen LogP contribution in [-0.2, 0) is 10.2 Å². The minimum Gasteiger partial charge on any atom is -0.486 e. The maximum absolute atomic E-state index is 13.1. The molecule has 34 heavy (non-hydrogen) atoms. The van der Waals surface area contributed by atoms with E-state index in [2.05, 4.69) is 17.4 Å². The van der Waals surface area contributed by atoms with Crippen molar-refractivity contribution in [3.05, 3.63) is 58.1 Å². The second kappa shape index (κ2) is 9.52. The Bertz CT molecular complexity index is 1060. The zero-order valence-electron chi connectivity index (χ0n) is 19.3. The molecule has 2 aliphatic heterocycles. The first-order chi connectivity index (χ1) is 16.6. The van der Waals surface area contributed by atoms with Gasteiger partial charge in [0.05, 0.1) is 4.92 Å². The third-order valence-electron chi connectivity index (χ3n) is 7.60. The molecule has 8 heteroatoms. The van der Waals surface area contributed by atoms with Crippen molar-refractivity contribution in [3.8, 4) is 11.5 Å². The summed E-state index contributed by atoms with van der Waals surface area (Å²) >= 11 is 0. The number of anilines is 1. The number of ether oxygens (including phenoxy) is 2. The van der Waals surface area contributed by atoms with Crippen LogP contribution in [0.1, 0.15) is 44.1 Å². The van der Waals surface area contributed by atoms with E-state index in [9.17, 15) is 14.9 Å². The summed E-state index contributed by atoms with van der Waals surface area (Å²) in [5.74, 6) is 1.60. The molecule has 1 saturated heterocycles. The highest BCUT2D eigenvalue weighted by Crippen LogP contribution is 2.44. The zero-order valence-corrected chi connectivity index (χ0v) is 19.3. The maximum Gasteiger partial charge on any atom is 0.292 e. The number of nitro benzene ring substituents is 1. The number of rotatable bonds is 6. The lowest BCUT2D eigenvalue weighted by molar-refractivity contribution is -0.384. The molecule has 180 valence electrons. The molecular formula is C26H31N3O5. The van der Waals surface area contributed by atoms with E-state index in [0.717, 1.165) is 37.2 Å². The van der Waals surface area contributed by atoms with Gasteiger partial charge in [0, 0.05) is 37.0 Å². The highest BCUT2D eigenvalue weighted by atomic mass is 16.6. The van der Waals surface area contributed by atoms with Crippen LogP contribution in [0.2, 0.25) is 0 Å². The minimum absolute atomic E-state index is 0.0715. The van der Waals surface area contributed by atoms with Gasteiger partial charge in [-0.25, -0.2) is 0 Å². The Balaban J connectivity index is 1.22. The van der Waals surface area contributed by atoms with Gasteiger partial charge in [-0.2, -0.15) is 0 Å². The number of fused-ring (bicyclic) bond motifs is 1. The predicted molar refractivity (Wildman–Crippen MR) is 129 cm³/mol. The Morgan fingerprint density at radius 1 is 1.06 bits per heavy atom. The first-order valence-electron chi connectivity index (χ1n) is 12.2. The summed E-state index contributed by atoms with van der Waals surface area (Å²) in [6.07, 6.45) is 5.77. The van der Waals surface area contributed by atoms with Gasteiger partial charge in [0.1, 0.15) is 18.9 Å². The van der Waals surface area contributed by atoms with Gasteiger partial charge >= 0.3 is 0 Å². The summed E-state index contributed by atoms with van der Waals surface area (Å²) in [6, 6.07) is 13.0. The van der Waals surface area contributed by atoms with E-state index in [1.807, 2.05) is 17.0 Å². The first kappa shape index (κ1) is 22.5. The topological polar surface area (TPSA) is 93.9 Å². The smallest absolute Gasteiger partial charge is 0.292 e. The number of nitro groups is 1. The highest BCUT2D eigenvalue weighted by molar-refractivity contribution is 5.79. The number of hydrogen-bond acceptors (Lipinski definition) is 6.